The van der Waals surface area contributed by atoms with E-state index in [0.717, 1.165) is 19.4 Å². The Kier molecular flexibility index (Phi) is 5.16. The van der Waals surface area contributed by atoms with Gasteiger partial charge in [-0.25, -0.2) is 4.39 Å². The highest BCUT2D eigenvalue weighted by atomic mass is 19.1. The summed E-state index contributed by atoms with van der Waals surface area (Å²) in [6.45, 7) is 2.66. The van der Waals surface area contributed by atoms with E-state index in [-0.39, 0.29) is 23.3 Å². The molecule has 1 N–H and O–H groups in total. The molecular formula is C19H20FN3O3. The SMILES string of the molecule is CC(=O)c1ccc(NC2CCCN(c3ccccc3F)C2)c([N+](=O)[O-])c1. The van der Waals surface area contributed by atoms with Crippen LogP contribution in [0.3, 0.4) is 0 Å². The van der Waals surface area contributed by atoms with Crippen molar-refractivity contribution >= 4 is 22.8 Å². The van der Waals surface area contributed by atoms with Crippen LogP contribution in [0.1, 0.15) is 30.1 Å². The average Bonchev–Trinajstić information content (AvgIpc) is 2.62. The number of nitro benzene ring substituents is 1. The zero-order valence-electron chi connectivity index (χ0n) is 14.4. The molecule has 0 bridgehead atoms. The monoisotopic (exact) mass is 357 g/mol. The molecule has 26 heavy (non-hydrogen) atoms. The van der Waals surface area contributed by atoms with Gasteiger partial charge in [0.25, 0.3) is 5.69 Å². The van der Waals surface area contributed by atoms with Crippen molar-refractivity contribution in [2.45, 2.75) is 25.8 Å². The molecule has 0 radical (unpaired) electrons. The van der Waals surface area contributed by atoms with Gasteiger partial charge in [-0.05, 0) is 44.0 Å². The number of benzene rings is 2. The summed E-state index contributed by atoms with van der Waals surface area (Å²) in [7, 11) is 0. The second-order valence-electron chi connectivity index (χ2n) is 6.43. The number of para-hydroxylation sites is 1. The normalized spacial score (nSPS) is 17.0. The van der Waals surface area contributed by atoms with Gasteiger partial charge >= 0.3 is 0 Å². The zero-order valence-corrected chi connectivity index (χ0v) is 14.4. The van der Waals surface area contributed by atoms with Gasteiger partial charge in [-0.15, -0.1) is 0 Å². The van der Waals surface area contributed by atoms with Crippen molar-refractivity contribution in [3.63, 3.8) is 0 Å². The summed E-state index contributed by atoms with van der Waals surface area (Å²) in [6, 6.07) is 11.0. The fourth-order valence-corrected chi connectivity index (χ4v) is 3.27. The molecule has 1 fully saturated rings. The van der Waals surface area contributed by atoms with Gasteiger partial charge in [-0.3, -0.25) is 14.9 Å². The van der Waals surface area contributed by atoms with Gasteiger partial charge in [0.2, 0.25) is 0 Å². The molecule has 7 heteroatoms. The average molecular weight is 357 g/mol. The van der Waals surface area contributed by atoms with Gasteiger partial charge in [-0.2, -0.15) is 0 Å². The highest BCUT2D eigenvalue weighted by Gasteiger charge is 2.24. The van der Waals surface area contributed by atoms with Crippen molar-refractivity contribution in [1.29, 1.82) is 0 Å². The Balaban J connectivity index is 1.79. The van der Waals surface area contributed by atoms with Crippen LogP contribution in [0, 0.1) is 15.9 Å². The molecule has 1 unspecified atom stereocenters. The van der Waals surface area contributed by atoms with E-state index < -0.39 is 4.92 Å². The molecule has 6 nitrogen and oxygen atoms in total. The van der Waals surface area contributed by atoms with Crippen molar-refractivity contribution < 1.29 is 14.1 Å². The largest absolute Gasteiger partial charge is 0.375 e. The topological polar surface area (TPSA) is 75.5 Å². The first kappa shape index (κ1) is 17.8. The second-order valence-corrected chi connectivity index (χ2v) is 6.43. The lowest BCUT2D eigenvalue weighted by atomic mass is 10.0. The maximum Gasteiger partial charge on any atom is 0.293 e. The molecule has 2 aromatic carbocycles. The Hall–Kier alpha value is -2.96. The van der Waals surface area contributed by atoms with Crippen molar-refractivity contribution in [2.24, 2.45) is 0 Å². The van der Waals surface area contributed by atoms with Crippen molar-refractivity contribution in [1.82, 2.24) is 0 Å². The first-order valence-corrected chi connectivity index (χ1v) is 8.51. The second kappa shape index (κ2) is 7.51. The number of halogens is 1. The van der Waals surface area contributed by atoms with Gasteiger partial charge in [0, 0.05) is 30.8 Å². The first-order valence-electron chi connectivity index (χ1n) is 8.51. The van der Waals surface area contributed by atoms with E-state index in [9.17, 15) is 19.3 Å². The van der Waals surface area contributed by atoms with Gasteiger partial charge in [0.1, 0.15) is 11.5 Å². The Morgan fingerprint density at radius 1 is 1.31 bits per heavy atom. The fraction of sp³-hybridized carbons (Fsp3) is 0.316. The van der Waals surface area contributed by atoms with E-state index in [1.165, 1.54) is 19.1 Å². The number of carbonyl (C=O) groups excluding carboxylic acids is 1. The zero-order chi connectivity index (χ0) is 18.7. The maximum absolute atomic E-state index is 14.0. The molecule has 0 saturated carbocycles. The van der Waals surface area contributed by atoms with E-state index in [1.54, 1.807) is 30.3 Å². The number of anilines is 2. The lowest BCUT2D eigenvalue weighted by Crippen LogP contribution is -2.42. The third-order valence-electron chi connectivity index (χ3n) is 4.58. The van der Waals surface area contributed by atoms with Crippen LogP contribution in [0.4, 0.5) is 21.5 Å². The number of carbonyl (C=O) groups is 1. The molecule has 0 spiro atoms. The minimum Gasteiger partial charge on any atom is -0.375 e. The molecule has 1 saturated heterocycles. The Bertz CT molecular complexity index is 841. The summed E-state index contributed by atoms with van der Waals surface area (Å²) in [6.07, 6.45) is 1.68. The molecule has 1 atom stereocenters. The molecule has 0 amide bonds. The van der Waals surface area contributed by atoms with Gasteiger partial charge in [0.05, 0.1) is 10.6 Å². The number of nitro groups is 1. The summed E-state index contributed by atoms with van der Waals surface area (Å²) >= 11 is 0. The van der Waals surface area contributed by atoms with Crippen LogP contribution in [-0.2, 0) is 0 Å². The van der Waals surface area contributed by atoms with Crippen LogP contribution in [-0.4, -0.2) is 29.8 Å². The number of hydrogen-bond acceptors (Lipinski definition) is 5. The molecule has 0 aromatic heterocycles. The minimum absolute atomic E-state index is 0.0507. The molecule has 0 aliphatic carbocycles. The van der Waals surface area contributed by atoms with E-state index in [0.29, 0.717) is 23.5 Å². The Morgan fingerprint density at radius 3 is 2.77 bits per heavy atom. The Morgan fingerprint density at radius 2 is 2.08 bits per heavy atom. The third kappa shape index (κ3) is 3.82. The Labute approximate surface area is 150 Å². The van der Waals surface area contributed by atoms with Gasteiger partial charge < -0.3 is 10.2 Å². The standard InChI is InChI=1S/C19H20FN3O3/c1-13(24)14-8-9-17(19(11-14)23(25)26)21-15-5-4-10-22(12-15)18-7-3-2-6-16(18)20/h2-3,6-9,11,15,21H,4-5,10,12H2,1H3. The van der Waals surface area contributed by atoms with Crippen molar-refractivity contribution in [3.05, 3.63) is 64.0 Å². The van der Waals surface area contributed by atoms with Crippen LogP contribution in [0.2, 0.25) is 0 Å². The summed E-state index contributed by atoms with van der Waals surface area (Å²) in [5.41, 5.74) is 1.10. The van der Waals surface area contributed by atoms with Crippen LogP contribution in [0.5, 0.6) is 0 Å². The summed E-state index contributed by atoms with van der Waals surface area (Å²) < 4.78 is 14.0. The summed E-state index contributed by atoms with van der Waals surface area (Å²) in [4.78, 5) is 24.3. The number of Topliss-reactive ketones (excluding diaryl/α,β-unsaturated/α-hetero) is 1. The lowest BCUT2D eigenvalue weighted by molar-refractivity contribution is -0.384. The first-order chi connectivity index (χ1) is 12.5. The summed E-state index contributed by atoms with van der Waals surface area (Å²) in [5, 5.41) is 14.6. The van der Waals surface area contributed by atoms with Crippen molar-refractivity contribution in [2.75, 3.05) is 23.3 Å². The molecule has 1 aliphatic rings. The van der Waals surface area contributed by atoms with E-state index in [4.69, 9.17) is 0 Å². The number of nitrogens with zero attached hydrogens (tertiary/aromatic N) is 2. The number of piperidine rings is 1. The van der Waals surface area contributed by atoms with Gasteiger partial charge in [0.15, 0.2) is 5.78 Å². The predicted octanol–water partition coefficient (Wildman–Crippen LogP) is 4.02. The molecule has 1 heterocycles. The molecule has 3 rings (SSSR count). The number of nitrogens with one attached hydrogen (secondary N) is 1. The predicted molar refractivity (Wildman–Crippen MR) is 98.4 cm³/mol. The van der Waals surface area contributed by atoms with Crippen LogP contribution < -0.4 is 10.2 Å². The maximum atomic E-state index is 14.0. The molecular weight excluding hydrogens is 337 g/mol. The smallest absolute Gasteiger partial charge is 0.293 e. The number of ketones is 1. The molecule has 1 aliphatic heterocycles. The quantitative estimate of drug-likeness (QED) is 0.497. The van der Waals surface area contributed by atoms with E-state index in [2.05, 4.69) is 5.32 Å². The number of rotatable bonds is 5. The third-order valence-corrected chi connectivity index (χ3v) is 4.58. The van der Waals surface area contributed by atoms with Crippen LogP contribution in [0.25, 0.3) is 0 Å². The molecule has 136 valence electrons. The van der Waals surface area contributed by atoms with Crippen LogP contribution in [0.15, 0.2) is 42.5 Å². The van der Waals surface area contributed by atoms with Gasteiger partial charge in [-0.1, -0.05) is 12.1 Å². The van der Waals surface area contributed by atoms with E-state index in [1.807, 2.05) is 4.90 Å². The highest BCUT2D eigenvalue weighted by molar-refractivity contribution is 5.95. The fourth-order valence-electron chi connectivity index (χ4n) is 3.27. The minimum atomic E-state index is -0.494. The summed E-state index contributed by atoms with van der Waals surface area (Å²) in [5.74, 6) is -0.493. The lowest BCUT2D eigenvalue weighted by Gasteiger charge is -2.35. The highest BCUT2D eigenvalue weighted by Crippen LogP contribution is 2.29. The number of hydrogen-bond donors (Lipinski definition) is 1. The molecule has 2 aromatic rings. The van der Waals surface area contributed by atoms with Crippen molar-refractivity contribution in [3.8, 4) is 0 Å². The van der Waals surface area contributed by atoms with E-state index >= 15 is 0 Å². The van der Waals surface area contributed by atoms with Crippen LogP contribution >= 0.6 is 0 Å².